The van der Waals surface area contributed by atoms with Crippen molar-refractivity contribution >= 4 is 0 Å². The van der Waals surface area contributed by atoms with Crippen LogP contribution >= 0.6 is 0 Å². The van der Waals surface area contributed by atoms with Crippen molar-refractivity contribution in [2.45, 2.75) is 72.6 Å². The SMILES string of the molecule is CCCC(C)CNCCC(CCC)CCC. The summed E-state index contributed by atoms with van der Waals surface area (Å²) in [6.07, 6.45) is 9.58. The molecule has 0 aliphatic heterocycles. The molecule has 0 aromatic rings. The van der Waals surface area contributed by atoms with Crippen LogP contribution in [0.4, 0.5) is 0 Å². The van der Waals surface area contributed by atoms with E-state index in [0.717, 1.165) is 11.8 Å². The van der Waals surface area contributed by atoms with Crippen molar-refractivity contribution in [3.05, 3.63) is 0 Å². The summed E-state index contributed by atoms with van der Waals surface area (Å²) in [5.74, 6) is 1.81. The molecule has 0 aliphatic rings. The molecule has 0 heterocycles. The molecule has 1 N–H and O–H groups in total. The molecule has 0 radical (unpaired) electrons. The van der Waals surface area contributed by atoms with Crippen molar-refractivity contribution < 1.29 is 0 Å². The van der Waals surface area contributed by atoms with E-state index in [1.54, 1.807) is 0 Å². The number of nitrogens with one attached hydrogen (secondary N) is 1. The predicted molar refractivity (Wildman–Crippen MR) is 74.9 cm³/mol. The molecular formula is C15H33N. The highest BCUT2D eigenvalue weighted by Gasteiger charge is 2.06. The number of hydrogen-bond acceptors (Lipinski definition) is 1. The van der Waals surface area contributed by atoms with Crippen LogP contribution < -0.4 is 5.32 Å². The fourth-order valence-electron chi connectivity index (χ4n) is 2.50. The van der Waals surface area contributed by atoms with Gasteiger partial charge in [0.1, 0.15) is 0 Å². The first-order chi connectivity index (χ1) is 7.74. The molecule has 0 aromatic carbocycles. The molecule has 0 rings (SSSR count). The molecule has 0 amide bonds. The summed E-state index contributed by atoms with van der Waals surface area (Å²) in [6, 6.07) is 0. The smallest absolute Gasteiger partial charge is 0.00232 e. The average Bonchev–Trinajstić information content (AvgIpc) is 2.25. The first-order valence-electron chi connectivity index (χ1n) is 7.45. The van der Waals surface area contributed by atoms with Gasteiger partial charge in [-0.15, -0.1) is 0 Å². The number of rotatable bonds is 11. The van der Waals surface area contributed by atoms with Gasteiger partial charge in [-0.1, -0.05) is 59.8 Å². The Bertz CT molecular complexity index is 127. The molecule has 1 atom stereocenters. The van der Waals surface area contributed by atoms with Crippen LogP contribution in [0.1, 0.15) is 72.6 Å². The number of hydrogen-bond donors (Lipinski definition) is 1. The molecule has 0 spiro atoms. The maximum atomic E-state index is 3.62. The van der Waals surface area contributed by atoms with Crippen LogP contribution in [-0.2, 0) is 0 Å². The first-order valence-corrected chi connectivity index (χ1v) is 7.45. The molecule has 1 heteroatoms. The zero-order valence-electron chi connectivity index (χ0n) is 12.0. The van der Waals surface area contributed by atoms with Crippen LogP contribution in [0.5, 0.6) is 0 Å². The van der Waals surface area contributed by atoms with Gasteiger partial charge >= 0.3 is 0 Å². The van der Waals surface area contributed by atoms with Crippen molar-refractivity contribution in [2.24, 2.45) is 11.8 Å². The zero-order valence-corrected chi connectivity index (χ0v) is 12.0. The topological polar surface area (TPSA) is 12.0 Å². The minimum absolute atomic E-state index is 0.848. The van der Waals surface area contributed by atoms with Crippen LogP contribution in [0.15, 0.2) is 0 Å². The van der Waals surface area contributed by atoms with Crippen molar-refractivity contribution in [1.82, 2.24) is 5.32 Å². The Morgan fingerprint density at radius 1 is 0.812 bits per heavy atom. The quantitative estimate of drug-likeness (QED) is 0.508. The van der Waals surface area contributed by atoms with Gasteiger partial charge in [0, 0.05) is 0 Å². The van der Waals surface area contributed by atoms with Gasteiger partial charge in [-0.3, -0.25) is 0 Å². The van der Waals surface area contributed by atoms with Crippen LogP contribution in [0, 0.1) is 11.8 Å². The molecule has 0 bridgehead atoms. The third-order valence-electron chi connectivity index (χ3n) is 3.40. The highest BCUT2D eigenvalue weighted by molar-refractivity contribution is 4.62. The van der Waals surface area contributed by atoms with E-state index in [1.807, 2.05) is 0 Å². The lowest BCUT2D eigenvalue weighted by Gasteiger charge is -2.16. The van der Waals surface area contributed by atoms with Crippen LogP contribution in [0.25, 0.3) is 0 Å². The van der Waals surface area contributed by atoms with E-state index in [-0.39, 0.29) is 0 Å². The van der Waals surface area contributed by atoms with Crippen LogP contribution in [0.2, 0.25) is 0 Å². The van der Waals surface area contributed by atoms with Gasteiger partial charge in [-0.25, -0.2) is 0 Å². The average molecular weight is 227 g/mol. The van der Waals surface area contributed by atoms with Crippen molar-refractivity contribution in [1.29, 1.82) is 0 Å². The fourth-order valence-corrected chi connectivity index (χ4v) is 2.50. The molecule has 98 valence electrons. The lowest BCUT2D eigenvalue weighted by Crippen LogP contribution is -2.23. The molecule has 1 nitrogen and oxygen atoms in total. The minimum Gasteiger partial charge on any atom is -0.316 e. The van der Waals surface area contributed by atoms with E-state index < -0.39 is 0 Å². The second-order valence-electron chi connectivity index (χ2n) is 5.33. The molecule has 1 unspecified atom stereocenters. The Labute approximate surface area is 103 Å². The molecular weight excluding hydrogens is 194 g/mol. The summed E-state index contributed by atoms with van der Waals surface area (Å²) in [4.78, 5) is 0. The highest BCUT2D eigenvalue weighted by Crippen LogP contribution is 2.16. The third kappa shape index (κ3) is 9.21. The Morgan fingerprint density at radius 2 is 1.38 bits per heavy atom. The van der Waals surface area contributed by atoms with E-state index in [1.165, 1.54) is 58.0 Å². The Balaban J connectivity index is 3.45. The summed E-state index contributed by atoms with van der Waals surface area (Å²) >= 11 is 0. The van der Waals surface area contributed by atoms with Gasteiger partial charge in [0.15, 0.2) is 0 Å². The van der Waals surface area contributed by atoms with Gasteiger partial charge in [-0.2, -0.15) is 0 Å². The maximum Gasteiger partial charge on any atom is -0.00232 e. The molecule has 0 saturated carbocycles. The summed E-state index contributed by atoms with van der Waals surface area (Å²) in [6.45, 7) is 11.7. The molecule has 0 aromatic heterocycles. The van der Waals surface area contributed by atoms with E-state index >= 15 is 0 Å². The molecule has 0 aliphatic carbocycles. The van der Waals surface area contributed by atoms with Crippen molar-refractivity contribution in [3.8, 4) is 0 Å². The summed E-state index contributed by atoms with van der Waals surface area (Å²) in [5.41, 5.74) is 0. The lowest BCUT2D eigenvalue weighted by atomic mass is 9.95. The largest absolute Gasteiger partial charge is 0.316 e. The summed E-state index contributed by atoms with van der Waals surface area (Å²) in [7, 11) is 0. The first kappa shape index (κ1) is 16.0. The fraction of sp³-hybridized carbons (Fsp3) is 1.00. The Hall–Kier alpha value is -0.0400. The van der Waals surface area contributed by atoms with Gasteiger partial charge in [-0.05, 0) is 37.8 Å². The van der Waals surface area contributed by atoms with Gasteiger partial charge in [0.2, 0.25) is 0 Å². The van der Waals surface area contributed by atoms with E-state index in [4.69, 9.17) is 0 Å². The molecule has 0 saturated heterocycles. The highest BCUT2D eigenvalue weighted by atomic mass is 14.8. The van der Waals surface area contributed by atoms with Crippen LogP contribution in [0.3, 0.4) is 0 Å². The third-order valence-corrected chi connectivity index (χ3v) is 3.40. The van der Waals surface area contributed by atoms with Gasteiger partial charge in [0.05, 0.1) is 0 Å². The van der Waals surface area contributed by atoms with E-state index in [2.05, 4.69) is 33.0 Å². The second-order valence-corrected chi connectivity index (χ2v) is 5.33. The van der Waals surface area contributed by atoms with Crippen molar-refractivity contribution in [3.63, 3.8) is 0 Å². The summed E-state index contributed by atoms with van der Waals surface area (Å²) < 4.78 is 0. The second kappa shape index (κ2) is 11.4. The lowest BCUT2D eigenvalue weighted by molar-refractivity contribution is 0.387. The van der Waals surface area contributed by atoms with Crippen LogP contribution in [-0.4, -0.2) is 13.1 Å². The van der Waals surface area contributed by atoms with E-state index in [0.29, 0.717) is 0 Å². The monoisotopic (exact) mass is 227 g/mol. The normalized spacial score (nSPS) is 13.3. The van der Waals surface area contributed by atoms with Gasteiger partial charge in [0.25, 0.3) is 0 Å². The predicted octanol–water partition coefficient (Wildman–Crippen LogP) is 4.62. The Morgan fingerprint density at radius 3 is 1.88 bits per heavy atom. The summed E-state index contributed by atoms with van der Waals surface area (Å²) in [5, 5.41) is 3.62. The minimum atomic E-state index is 0.848. The Kier molecular flexibility index (Phi) is 11.4. The van der Waals surface area contributed by atoms with Gasteiger partial charge < -0.3 is 5.32 Å². The molecule has 16 heavy (non-hydrogen) atoms. The van der Waals surface area contributed by atoms with Crippen molar-refractivity contribution in [2.75, 3.05) is 13.1 Å². The standard InChI is InChI=1S/C15H33N/c1-5-8-14(4)13-16-12-11-15(9-6-2)10-7-3/h14-16H,5-13H2,1-4H3. The maximum absolute atomic E-state index is 3.62. The molecule has 0 fully saturated rings. The zero-order chi connectivity index (χ0) is 12.2. The van der Waals surface area contributed by atoms with E-state index in [9.17, 15) is 0 Å².